The Kier molecular flexibility index (Phi) is 5.62. The second kappa shape index (κ2) is 6.78. The third kappa shape index (κ3) is 5.12. The molecule has 0 aliphatic rings. The van der Waals surface area contributed by atoms with Crippen molar-refractivity contribution in [3.05, 3.63) is 30.3 Å². The van der Waals surface area contributed by atoms with E-state index in [9.17, 15) is 4.89 Å². The van der Waals surface area contributed by atoms with Crippen LogP contribution in [0.4, 0.5) is 0 Å². The molecule has 0 saturated heterocycles. The maximum Gasteiger partial charge on any atom is 0.394 e. The van der Waals surface area contributed by atoms with Crippen LogP contribution in [0.25, 0.3) is 0 Å². The van der Waals surface area contributed by atoms with Gasteiger partial charge in [-0.05, 0) is 25.5 Å². The molecule has 0 spiro atoms. The van der Waals surface area contributed by atoms with Crippen molar-refractivity contribution in [2.24, 2.45) is 0 Å². The molecule has 4 heteroatoms. The Morgan fingerprint density at radius 2 is 2.00 bits per heavy atom. The predicted octanol–water partition coefficient (Wildman–Crippen LogP) is 3.49. The molecule has 0 aliphatic carbocycles. The highest BCUT2D eigenvalue weighted by atomic mass is 31.2. The third-order valence-corrected chi connectivity index (χ3v) is 2.80. The molecule has 0 saturated carbocycles. The summed E-state index contributed by atoms with van der Waals surface area (Å²) in [5.74, 6) is 0.634. The van der Waals surface area contributed by atoms with Crippen LogP contribution in [0.3, 0.4) is 0 Å². The van der Waals surface area contributed by atoms with Gasteiger partial charge in [-0.15, -0.1) is 0 Å². The molecular formula is C11H17O3P. The van der Waals surface area contributed by atoms with Gasteiger partial charge < -0.3 is 9.42 Å². The molecule has 1 N–H and O–H groups in total. The minimum absolute atomic E-state index is 0.0369. The van der Waals surface area contributed by atoms with E-state index < -0.39 is 8.60 Å². The van der Waals surface area contributed by atoms with E-state index in [0.29, 0.717) is 5.75 Å². The lowest BCUT2D eigenvalue weighted by Crippen LogP contribution is -2.05. The standard InChI is InChI=1S/C11H17O3P/c1-3-7-10(2)13-15(12)14-11-8-5-4-6-9-11/h4-6,8-10,12H,3,7H2,1-2H3. The van der Waals surface area contributed by atoms with Crippen molar-refractivity contribution in [3.8, 4) is 5.75 Å². The quantitative estimate of drug-likeness (QED) is 0.757. The van der Waals surface area contributed by atoms with Crippen molar-refractivity contribution in [3.63, 3.8) is 0 Å². The minimum atomic E-state index is -1.81. The van der Waals surface area contributed by atoms with E-state index in [1.807, 2.05) is 25.1 Å². The van der Waals surface area contributed by atoms with Crippen LogP contribution < -0.4 is 4.52 Å². The van der Waals surface area contributed by atoms with Gasteiger partial charge in [-0.25, -0.2) is 0 Å². The molecule has 0 amide bonds. The summed E-state index contributed by atoms with van der Waals surface area (Å²) in [4.78, 5) is 9.52. The lowest BCUT2D eigenvalue weighted by Gasteiger charge is -2.16. The predicted molar refractivity (Wildman–Crippen MR) is 61.7 cm³/mol. The van der Waals surface area contributed by atoms with Crippen LogP contribution >= 0.6 is 8.60 Å². The van der Waals surface area contributed by atoms with Gasteiger partial charge in [-0.3, -0.25) is 4.52 Å². The van der Waals surface area contributed by atoms with Crippen LogP contribution in [-0.2, 0) is 4.52 Å². The van der Waals surface area contributed by atoms with Crippen LogP contribution in [0.15, 0.2) is 30.3 Å². The molecule has 0 fully saturated rings. The van der Waals surface area contributed by atoms with Crippen LogP contribution in [0, 0.1) is 0 Å². The summed E-state index contributed by atoms with van der Waals surface area (Å²) < 4.78 is 10.5. The fraction of sp³-hybridized carbons (Fsp3) is 0.455. The summed E-state index contributed by atoms with van der Waals surface area (Å²) in [5.41, 5.74) is 0. The maximum absolute atomic E-state index is 9.52. The van der Waals surface area contributed by atoms with E-state index in [4.69, 9.17) is 9.05 Å². The highest BCUT2D eigenvalue weighted by Crippen LogP contribution is 2.36. The Labute approximate surface area is 92.0 Å². The number of rotatable bonds is 6. The molecule has 0 heterocycles. The van der Waals surface area contributed by atoms with Gasteiger partial charge in [-0.1, -0.05) is 31.5 Å². The van der Waals surface area contributed by atoms with E-state index in [2.05, 4.69) is 6.92 Å². The SMILES string of the molecule is CCCC(C)OP(O)Oc1ccccc1. The summed E-state index contributed by atoms with van der Waals surface area (Å²) >= 11 is 0. The second-order valence-corrected chi connectivity index (χ2v) is 4.22. The molecule has 2 atom stereocenters. The first kappa shape index (κ1) is 12.4. The average Bonchev–Trinajstić information content (AvgIpc) is 2.19. The van der Waals surface area contributed by atoms with Gasteiger partial charge >= 0.3 is 8.60 Å². The van der Waals surface area contributed by atoms with Gasteiger partial charge in [0.15, 0.2) is 0 Å². The van der Waals surface area contributed by atoms with E-state index in [-0.39, 0.29) is 6.10 Å². The Hall–Kier alpha value is -0.630. The Bertz CT molecular complexity index is 266. The van der Waals surface area contributed by atoms with E-state index in [1.165, 1.54) is 0 Å². The Morgan fingerprint density at radius 3 is 2.60 bits per heavy atom. The van der Waals surface area contributed by atoms with Gasteiger partial charge in [0.1, 0.15) is 5.75 Å². The van der Waals surface area contributed by atoms with Crippen LogP contribution in [0.1, 0.15) is 26.7 Å². The van der Waals surface area contributed by atoms with Gasteiger partial charge in [0, 0.05) is 0 Å². The van der Waals surface area contributed by atoms with Crippen LogP contribution in [0.5, 0.6) is 5.75 Å². The molecule has 15 heavy (non-hydrogen) atoms. The highest BCUT2D eigenvalue weighted by molar-refractivity contribution is 7.41. The molecule has 1 rings (SSSR count). The monoisotopic (exact) mass is 228 g/mol. The van der Waals surface area contributed by atoms with E-state index >= 15 is 0 Å². The number of para-hydroxylation sites is 1. The molecule has 0 bridgehead atoms. The molecule has 0 aromatic heterocycles. The maximum atomic E-state index is 9.52. The van der Waals surface area contributed by atoms with Crippen molar-refractivity contribution in [2.45, 2.75) is 32.8 Å². The number of hydrogen-bond donors (Lipinski definition) is 1. The van der Waals surface area contributed by atoms with Gasteiger partial charge in [0.25, 0.3) is 0 Å². The first-order valence-corrected chi connectivity index (χ1v) is 6.24. The van der Waals surface area contributed by atoms with Gasteiger partial charge in [0.2, 0.25) is 0 Å². The van der Waals surface area contributed by atoms with Crippen LogP contribution in [-0.4, -0.2) is 11.0 Å². The van der Waals surface area contributed by atoms with Gasteiger partial charge in [0.05, 0.1) is 6.10 Å². The zero-order valence-corrected chi connectivity index (χ0v) is 9.98. The summed E-state index contributed by atoms with van der Waals surface area (Å²) in [7, 11) is -1.81. The molecule has 3 nitrogen and oxygen atoms in total. The average molecular weight is 228 g/mol. The first-order valence-electron chi connectivity index (χ1n) is 5.11. The summed E-state index contributed by atoms with van der Waals surface area (Å²) in [6, 6.07) is 9.19. The third-order valence-electron chi connectivity index (χ3n) is 1.89. The fourth-order valence-corrected chi connectivity index (χ4v) is 1.96. The first-order chi connectivity index (χ1) is 7.22. The number of hydrogen-bond acceptors (Lipinski definition) is 3. The minimum Gasteiger partial charge on any atom is -0.427 e. The summed E-state index contributed by atoms with van der Waals surface area (Å²) in [5, 5.41) is 0. The van der Waals surface area contributed by atoms with Crippen molar-refractivity contribution in [2.75, 3.05) is 0 Å². The number of benzene rings is 1. The van der Waals surface area contributed by atoms with Crippen molar-refractivity contribution < 1.29 is 13.9 Å². The normalized spacial score (nSPS) is 14.6. The molecule has 2 unspecified atom stereocenters. The zero-order chi connectivity index (χ0) is 11.1. The molecule has 1 aromatic rings. The Balaban J connectivity index is 2.33. The molecule has 84 valence electrons. The molecular weight excluding hydrogens is 211 g/mol. The molecule has 0 aliphatic heterocycles. The zero-order valence-electron chi connectivity index (χ0n) is 9.09. The van der Waals surface area contributed by atoms with Crippen molar-refractivity contribution >= 4 is 8.60 Å². The lowest BCUT2D eigenvalue weighted by molar-refractivity contribution is 0.180. The topological polar surface area (TPSA) is 38.7 Å². The van der Waals surface area contributed by atoms with Crippen molar-refractivity contribution in [1.82, 2.24) is 0 Å². The largest absolute Gasteiger partial charge is 0.427 e. The van der Waals surface area contributed by atoms with Crippen molar-refractivity contribution in [1.29, 1.82) is 0 Å². The smallest absolute Gasteiger partial charge is 0.394 e. The molecule has 0 radical (unpaired) electrons. The van der Waals surface area contributed by atoms with E-state index in [0.717, 1.165) is 12.8 Å². The van der Waals surface area contributed by atoms with Crippen LogP contribution in [0.2, 0.25) is 0 Å². The molecule has 1 aromatic carbocycles. The van der Waals surface area contributed by atoms with E-state index in [1.54, 1.807) is 12.1 Å². The summed E-state index contributed by atoms with van der Waals surface area (Å²) in [6.45, 7) is 4.01. The summed E-state index contributed by atoms with van der Waals surface area (Å²) in [6.07, 6.45) is 2.00. The highest BCUT2D eigenvalue weighted by Gasteiger charge is 2.13. The van der Waals surface area contributed by atoms with Gasteiger partial charge in [-0.2, -0.15) is 0 Å². The fourth-order valence-electron chi connectivity index (χ4n) is 1.21. The second-order valence-electron chi connectivity index (χ2n) is 3.35. The lowest BCUT2D eigenvalue weighted by atomic mass is 10.2. The Morgan fingerprint density at radius 1 is 1.33 bits per heavy atom.